The number of nitrogens with one attached hydrogen (secondary N) is 1. The van der Waals surface area contributed by atoms with Crippen molar-refractivity contribution in [2.45, 2.75) is 39.5 Å². The molecule has 0 aromatic carbocycles. The fourth-order valence-electron chi connectivity index (χ4n) is 2.81. The topological polar surface area (TPSA) is 68.3 Å². The molecular formula is C15H20N2O3S. The average molecular weight is 308 g/mol. The molecule has 6 heteroatoms. The molecule has 0 amide bonds. The standard InChI is InChI=1S/C15H20N2O3S/c1-3-20-13(19)11-12(9(2)18)21-14(17-11)16-8-15(6-7-15)10-4-5-10/h10H,3-8H2,1-2H3,(H,16,17). The first-order valence-electron chi connectivity index (χ1n) is 7.48. The van der Waals surface area contributed by atoms with E-state index in [2.05, 4.69) is 10.3 Å². The molecule has 0 bridgehead atoms. The van der Waals surface area contributed by atoms with Crippen LogP contribution in [-0.2, 0) is 4.74 Å². The molecule has 1 N–H and O–H groups in total. The van der Waals surface area contributed by atoms with E-state index in [1.165, 1.54) is 43.9 Å². The Hall–Kier alpha value is -1.43. The highest BCUT2D eigenvalue weighted by Gasteiger charge is 2.53. The molecule has 0 aliphatic heterocycles. The van der Waals surface area contributed by atoms with E-state index in [4.69, 9.17) is 4.74 Å². The van der Waals surface area contributed by atoms with E-state index >= 15 is 0 Å². The molecule has 114 valence electrons. The number of esters is 1. The maximum absolute atomic E-state index is 11.9. The Morgan fingerprint density at radius 2 is 2.14 bits per heavy atom. The van der Waals surface area contributed by atoms with Crippen molar-refractivity contribution in [1.82, 2.24) is 4.98 Å². The van der Waals surface area contributed by atoms with E-state index in [1.54, 1.807) is 6.92 Å². The summed E-state index contributed by atoms with van der Waals surface area (Å²) in [6, 6.07) is 0. The molecule has 2 aliphatic carbocycles. The molecule has 1 aromatic heterocycles. The van der Waals surface area contributed by atoms with Crippen LogP contribution in [0.5, 0.6) is 0 Å². The minimum Gasteiger partial charge on any atom is -0.461 e. The van der Waals surface area contributed by atoms with Gasteiger partial charge in [0.1, 0.15) is 4.88 Å². The van der Waals surface area contributed by atoms with E-state index in [0.29, 0.717) is 15.4 Å². The van der Waals surface area contributed by atoms with Crippen LogP contribution in [0.2, 0.25) is 0 Å². The van der Waals surface area contributed by atoms with Crippen molar-refractivity contribution in [2.75, 3.05) is 18.5 Å². The Morgan fingerprint density at radius 3 is 2.67 bits per heavy atom. The molecule has 1 aromatic rings. The number of Topliss-reactive ketones (excluding diaryl/α,β-unsaturated/α-hetero) is 1. The summed E-state index contributed by atoms with van der Waals surface area (Å²) in [4.78, 5) is 28.2. The molecule has 21 heavy (non-hydrogen) atoms. The molecule has 2 fully saturated rings. The van der Waals surface area contributed by atoms with Crippen LogP contribution in [0.3, 0.4) is 0 Å². The summed E-state index contributed by atoms with van der Waals surface area (Å²) in [5.41, 5.74) is 0.597. The van der Waals surface area contributed by atoms with E-state index < -0.39 is 5.97 Å². The van der Waals surface area contributed by atoms with Crippen molar-refractivity contribution in [3.63, 3.8) is 0 Å². The van der Waals surface area contributed by atoms with Gasteiger partial charge in [-0.25, -0.2) is 9.78 Å². The molecule has 0 saturated heterocycles. The predicted molar refractivity (Wildman–Crippen MR) is 81.0 cm³/mol. The van der Waals surface area contributed by atoms with Crippen molar-refractivity contribution in [3.8, 4) is 0 Å². The molecule has 0 spiro atoms. The molecule has 0 unspecified atom stereocenters. The molecule has 0 atom stereocenters. The van der Waals surface area contributed by atoms with Gasteiger partial charge in [0.15, 0.2) is 16.6 Å². The monoisotopic (exact) mass is 308 g/mol. The number of nitrogens with zero attached hydrogens (tertiary/aromatic N) is 1. The predicted octanol–water partition coefficient (Wildman–Crippen LogP) is 3.12. The molecule has 1 heterocycles. The van der Waals surface area contributed by atoms with Crippen LogP contribution in [0.1, 0.15) is 59.7 Å². The van der Waals surface area contributed by atoms with E-state index in [9.17, 15) is 9.59 Å². The van der Waals surface area contributed by atoms with Gasteiger partial charge in [-0.2, -0.15) is 0 Å². The van der Waals surface area contributed by atoms with Gasteiger partial charge >= 0.3 is 5.97 Å². The lowest BCUT2D eigenvalue weighted by molar-refractivity contribution is 0.0517. The summed E-state index contributed by atoms with van der Waals surface area (Å²) in [6.45, 7) is 4.36. The Morgan fingerprint density at radius 1 is 1.43 bits per heavy atom. The normalized spacial score (nSPS) is 19.1. The first-order chi connectivity index (χ1) is 10.1. The van der Waals surface area contributed by atoms with Gasteiger partial charge in [-0.3, -0.25) is 4.79 Å². The van der Waals surface area contributed by atoms with Crippen LogP contribution in [0, 0.1) is 11.3 Å². The maximum Gasteiger partial charge on any atom is 0.358 e. The van der Waals surface area contributed by atoms with Gasteiger partial charge in [-0.15, -0.1) is 0 Å². The molecule has 0 radical (unpaired) electrons. The third-order valence-corrected chi connectivity index (χ3v) is 5.46. The Balaban J connectivity index is 1.72. The lowest BCUT2D eigenvalue weighted by Crippen LogP contribution is -2.17. The number of thiazole rings is 1. The van der Waals surface area contributed by atoms with Crippen molar-refractivity contribution in [3.05, 3.63) is 10.6 Å². The minimum absolute atomic E-state index is 0.146. The van der Waals surface area contributed by atoms with Crippen LogP contribution in [0.15, 0.2) is 0 Å². The number of carbonyl (C=O) groups is 2. The van der Waals surface area contributed by atoms with Gasteiger partial charge in [-0.1, -0.05) is 11.3 Å². The van der Waals surface area contributed by atoms with Crippen LogP contribution < -0.4 is 5.32 Å². The van der Waals surface area contributed by atoms with Crippen LogP contribution in [-0.4, -0.2) is 29.9 Å². The Bertz CT molecular complexity index is 573. The fraction of sp³-hybridized carbons (Fsp3) is 0.667. The van der Waals surface area contributed by atoms with Crippen molar-refractivity contribution in [2.24, 2.45) is 11.3 Å². The fourth-order valence-corrected chi connectivity index (χ4v) is 3.65. The quantitative estimate of drug-likeness (QED) is 0.619. The second kappa shape index (κ2) is 5.40. The van der Waals surface area contributed by atoms with Gasteiger partial charge in [0.05, 0.1) is 6.61 Å². The van der Waals surface area contributed by atoms with Crippen LogP contribution in [0.25, 0.3) is 0 Å². The van der Waals surface area contributed by atoms with Crippen molar-refractivity contribution >= 4 is 28.2 Å². The number of anilines is 1. The van der Waals surface area contributed by atoms with Gasteiger partial charge in [-0.05, 0) is 43.9 Å². The van der Waals surface area contributed by atoms with Gasteiger partial charge < -0.3 is 10.1 Å². The number of rotatable bonds is 7. The molecule has 2 aliphatic rings. The van der Waals surface area contributed by atoms with Gasteiger partial charge in [0.25, 0.3) is 0 Å². The van der Waals surface area contributed by atoms with Crippen LogP contribution >= 0.6 is 11.3 Å². The third kappa shape index (κ3) is 2.95. The summed E-state index contributed by atoms with van der Waals surface area (Å²) in [7, 11) is 0. The second-order valence-corrected chi connectivity index (χ2v) is 6.96. The number of ether oxygens (including phenoxy) is 1. The molecule has 3 rings (SSSR count). The summed E-state index contributed by atoms with van der Waals surface area (Å²) in [6.07, 6.45) is 5.24. The summed E-state index contributed by atoms with van der Waals surface area (Å²) >= 11 is 1.25. The first kappa shape index (κ1) is 14.5. The molecular weight excluding hydrogens is 288 g/mol. The first-order valence-corrected chi connectivity index (χ1v) is 8.30. The van der Waals surface area contributed by atoms with E-state index in [0.717, 1.165) is 12.5 Å². The van der Waals surface area contributed by atoms with Crippen molar-refractivity contribution in [1.29, 1.82) is 0 Å². The summed E-state index contributed by atoms with van der Waals surface area (Å²) < 4.78 is 4.96. The zero-order chi connectivity index (χ0) is 15.0. The minimum atomic E-state index is -0.518. The zero-order valence-electron chi connectivity index (χ0n) is 12.4. The number of ketones is 1. The van der Waals surface area contributed by atoms with Gasteiger partial charge in [0.2, 0.25) is 0 Å². The third-order valence-electron chi connectivity index (χ3n) is 4.34. The lowest BCUT2D eigenvalue weighted by atomic mass is 10.0. The largest absolute Gasteiger partial charge is 0.461 e. The molecule has 2 saturated carbocycles. The van der Waals surface area contributed by atoms with E-state index in [1.807, 2.05) is 0 Å². The summed E-state index contributed by atoms with van der Waals surface area (Å²) in [5, 5.41) is 3.98. The van der Waals surface area contributed by atoms with E-state index in [-0.39, 0.29) is 18.1 Å². The maximum atomic E-state index is 11.9. The van der Waals surface area contributed by atoms with Crippen molar-refractivity contribution < 1.29 is 14.3 Å². The zero-order valence-corrected chi connectivity index (χ0v) is 13.2. The highest BCUT2D eigenvalue weighted by molar-refractivity contribution is 7.17. The average Bonchev–Trinajstić information content (AvgIpc) is 3.33. The highest BCUT2D eigenvalue weighted by Crippen LogP contribution is 2.61. The Kier molecular flexibility index (Phi) is 3.73. The SMILES string of the molecule is CCOC(=O)c1nc(NCC2(C3CC3)CC2)sc1C(C)=O. The number of aromatic nitrogens is 1. The van der Waals surface area contributed by atoms with Crippen LogP contribution in [0.4, 0.5) is 5.13 Å². The number of carbonyl (C=O) groups excluding carboxylic acids is 2. The van der Waals surface area contributed by atoms with Gasteiger partial charge in [0, 0.05) is 13.5 Å². The molecule has 5 nitrogen and oxygen atoms in total. The highest BCUT2D eigenvalue weighted by atomic mass is 32.1. The number of hydrogen-bond acceptors (Lipinski definition) is 6. The smallest absolute Gasteiger partial charge is 0.358 e. The number of hydrogen-bond donors (Lipinski definition) is 1. The summed E-state index contributed by atoms with van der Waals surface area (Å²) in [5.74, 6) is 0.198. The Labute approximate surface area is 128 Å². The lowest BCUT2D eigenvalue weighted by Gasteiger charge is -2.13. The second-order valence-electron chi connectivity index (χ2n) is 5.96.